The number of carbonyl (C=O) groups is 2. The molecule has 26 heavy (non-hydrogen) atoms. The van der Waals surface area contributed by atoms with E-state index < -0.39 is 27.2 Å². The zero-order chi connectivity index (χ0) is 19.4. The summed E-state index contributed by atoms with van der Waals surface area (Å²) in [7, 11) is 1.29. The Hall–Kier alpha value is -3.82. The van der Waals surface area contributed by atoms with Crippen molar-refractivity contribution in [2.24, 2.45) is 0 Å². The highest BCUT2D eigenvalue weighted by Gasteiger charge is 2.26. The molecule has 0 radical (unpaired) electrons. The van der Waals surface area contributed by atoms with Crippen LogP contribution in [0.25, 0.3) is 0 Å². The van der Waals surface area contributed by atoms with E-state index in [0.717, 1.165) is 12.1 Å². The molecule has 0 saturated heterocycles. The molecule has 0 aromatic heterocycles. The Morgan fingerprint density at radius 2 is 1.62 bits per heavy atom. The van der Waals surface area contributed by atoms with Crippen LogP contribution in [-0.2, 0) is 0 Å². The Labute approximate surface area is 146 Å². The number of ether oxygens (including phenoxy) is 2. The number of hydrogen-bond acceptors (Lipinski definition) is 8. The van der Waals surface area contributed by atoms with Crippen molar-refractivity contribution in [1.82, 2.24) is 0 Å². The molecular weight excluding hydrogens is 348 g/mol. The zero-order valence-electron chi connectivity index (χ0n) is 13.6. The van der Waals surface area contributed by atoms with Crippen molar-refractivity contribution in [3.05, 3.63) is 67.3 Å². The number of carbonyl (C=O) groups excluding carboxylic acids is 2. The van der Waals surface area contributed by atoms with Gasteiger partial charge in [0.05, 0.1) is 22.5 Å². The summed E-state index contributed by atoms with van der Waals surface area (Å²) in [5.41, 5.74) is -1.41. The van der Waals surface area contributed by atoms with Gasteiger partial charge in [-0.25, -0.2) is 4.79 Å². The van der Waals surface area contributed by atoms with Gasteiger partial charge in [-0.3, -0.25) is 25.0 Å². The maximum absolute atomic E-state index is 12.3. The summed E-state index contributed by atoms with van der Waals surface area (Å²) < 4.78 is 10.1. The van der Waals surface area contributed by atoms with E-state index in [2.05, 4.69) is 0 Å². The number of hydrogen-bond donors (Lipinski definition) is 0. The fourth-order valence-corrected chi connectivity index (χ4v) is 2.18. The Balaban J connectivity index is 2.46. The predicted octanol–water partition coefficient (Wildman–Crippen LogP) is 2.85. The second-order valence-electron chi connectivity index (χ2n) is 5.07. The minimum atomic E-state index is -1.05. The molecule has 134 valence electrons. The van der Waals surface area contributed by atoms with Crippen molar-refractivity contribution >= 4 is 23.6 Å². The third kappa shape index (κ3) is 3.64. The van der Waals surface area contributed by atoms with Crippen LogP contribution in [0, 0.1) is 27.2 Å². The van der Waals surface area contributed by atoms with E-state index in [-0.39, 0.29) is 28.2 Å². The third-order valence-electron chi connectivity index (χ3n) is 3.51. The average molecular weight is 360 g/mol. The van der Waals surface area contributed by atoms with E-state index in [1.165, 1.54) is 32.2 Å². The van der Waals surface area contributed by atoms with E-state index >= 15 is 0 Å². The summed E-state index contributed by atoms with van der Waals surface area (Å²) in [4.78, 5) is 43.6. The molecular formula is C16H12N2O8. The fraction of sp³-hybridized carbons (Fsp3) is 0.125. The molecule has 0 unspecified atom stereocenters. The number of aldehydes is 1. The smallest absolute Gasteiger partial charge is 0.344 e. The quantitative estimate of drug-likeness (QED) is 0.252. The number of methoxy groups -OCH3 is 1. The van der Waals surface area contributed by atoms with Crippen molar-refractivity contribution in [2.75, 3.05) is 7.11 Å². The van der Waals surface area contributed by atoms with Gasteiger partial charge in [-0.05, 0) is 25.1 Å². The number of nitro groups is 2. The lowest BCUT2D eigenvalue weighted by Gasteiger charge is -2.10. The lowest BCUT2D eigenvalue weighted by atomic mass is 10.1. The van der Waals surface area contributed by atoms with E-state index in [1.54, 1.807) is 0 Å². The van der Waals surface area contributed by atoms with Crippen molar-refractivity contribution in [1.29, 1.82) is 0 Å². The average Bonchev–Trinajstić information content (AvgIpc) is 2.61. The molecule has 0 aliphatic rings. The van der Waals surface area contributed by atoms with Crippen LogP contribution in [0.2, 0.25) is 0 Å². The van der Waals surface area contributed by atoms with Crippen LogP contribution in [0.5, 0.6) is 11.5 Å². The standard InChI is InChI=1S/C16H12N2O8/c1-9-12(17(21)22)6-11(7-13(9)18(23)24)16(20)26-14-4-3-10(8-19)5-15(14)25-2/h3-8H,1-2H3. The molecule has 0 amide bonds. The van der Waals surface area contributed by atoms with Crippen LogP contribution in [0.3, 0.4) is 0 Å². The molecule has 0 aliphatic carbocycles. The molecule has 2 aromatic rings. The number of benzene rings is 2. The molecule has 0 fully saturated rings. The number of rotatable bonds is 6. The molecule has 0 aliphatic heterocycles. The third-order valence-corrected chi connectivity index (χ3v) is 3.51. The highest BCUT2D eigenvalue weighted by atomic mass is 16.6. The zero-order valence-corrected chi connectivity index (χ0v) is 13.6. The van der Waals surface area contributed by atoms with Gasteiger partial charge in [0, 0.05) is 17.7 Å². The molecule has 10 nitrogen and oxygen atoms in total. The van der Waals surface area contributed by atoms with Crippen molar-refractivity contribution in [3.8, 4) is 11.5 Å². The van der Waals surface area contributed by atoms with Gasteiger partial charge in [0.15, 0.2) is 11.5 Å². The predicted molar refractivity (Wildman–Crippen MR) is 87.8 cm³/mol. The normalized spacial score (nSPS) is 10.1. The van der Waals surface area contributed by atoms with Gasteiger partial charge in [0.25, 0.3) is 11.4 Å². The Morgan fingerprint density at radius 3 is 2.08 bits per heavy atom. The molecule has 0 bridgehead atoms. The van der Waals surface area contributed by atoms with Crippen molar-refractivity contribution < 1.29 is 28.9 Å². The molecule has 0 saturated carbocycles. The van der Waals surface area contributed by atoms with E-state index in [4.69, 9.17) is 9.47 Å². The van der Waals surface area contributed by atoms with Gasteiger partial charge in [-0.1, -0.05) is 0 Å². The first-order chi connectivity index (χ1) is 12.3. The first-order valence-corrected chi connectivity index (χ1v) is 7.07. The molecule has 2 rings (SSSR count). The van der Waals surface area contributed by atoms with E-state index in [0.29, 0.717) is 6.29 Å². The van der Waals surface area contributed by atoms with Gasteiger partial charge >= 0.3 is 5.97 Å². The number of esters is 1. The monoisotopic (exact) mass is 360 g/mol. The summed E-state index contributed by atoms with van der Waals surface area (Å²) in [5.74, 6) is -1.01. The summed E-state index contributed by atoms with van der Waals surface area (Å²) in [6.45, 7) is 1.21. The van der Waals surface area contributed by atoms with Crippen LogP contribution in [-0.4, -0.2) is 29.2 Å². The van der Waals surface area contributed by atoms with Crippen LogP contribution in [0.1, 0.15) is 26.3 Å². The highest BCUT2D eigenvalue weighted by molar-refractivity contribution is 5.93. The van der Waals surface area contributed by atoms with E-state index in [9.17, 15) is 29.8 Å². The molecule has 0 atom stereocenters. The SMILES string of the molecule is COc1cc(C=O)ccc1OC(=O)c1cc([N+](=O)[O-])c(C)c([N+](=O)[O-])c1. The summed E-state index contributed by atoms with van der Waals surface area (Å²) >= 11 is 0. The molecule has 0 heterocycles. The van der Waals surface area contributed by atoms with Crippen LogP contribution < -0.4 is 9.47 Å². The topological polar surface area (TPSA) is 139 Å². The van der Waals surface area contributed by atoms with Crippen LogP contribution in [0.4, 0.5) is 11.4 Å². The Morgan fingerprint density at radius 1 is 1.04 bits per heavy atom. The van der Waals surface area contributed by atoms with Gasteiger partial charge < -0.3 is 9.47 Å². The lowest BCUT2D eigenvalue weighted by Crippen LogP contribution is -2.11. The second-order valence-corrected chi connectivity index (χ2v) is 5.07. The lowest BCUT2D eigenvalue weighted by molar-refractivity contribution is -0.395. The largest absolute Gasteiger partial charge is 0.493 e. The van der Waals surface area contributed by atoms with Gasteiger partial charge in [-0.2, -0.15) is 0 Å². The molecule has 0 spiro atoms. The minimum absolute atomic E-state index is 0.0472. The summed E-state index contributed by atoms with van der Waals surface area (Å²) in [6, 6.07) is 5.80. The highest BCUT2D eigenvalue weighted by Crippen LogP contribution is 2.32. The first-order valence-electron chi connectivity index (χ1n) is 7.07. The van der Waals surface area contributed by atoms with Gasteiger partial charge in [0.1, 0.15) is 11.8 Å². The van der Waals surface area contributed by atoms with E-state index in [1.807, 2.05) is 0 Å². The maximum Gasteiger partial charge on any atom is 0.344 e. The Bertz CT molecular complexity index is 887. The van der Waals surface area contributed by atoms with Crippen molar-refractivity contribution in [3.63, 3.8) is 0 Å². The molecule has 2 aromatic carbocycles. The second kappa shape index (κ2) is 7.38. The number of nitro benzene ring substituents is 2. The molecule has 10 heteroatoms. The summed E-state index contributed by atoms with van der Waals surface area (Å²) in [6.07, 6.45) is 0.570. The van der Waals surface area contributed by atoms with Gasteiger partial charge in [-0.15, -0.1) is 0 Å². The van der Waals surface area contributed by atoms with Crippen LogP contribution in [0.15, 0.2) is 30.3 Å². The number of nitrogens with zero attached hydrogens (tertiary/aromatic N) is 2. The van der Waals surface area contributed by atoms with Crippen LogP contribution >= 0.6 is 0 Å². The minimum Gasteiger partial charge on any atom is -0.493 e. The summed E-state index contributed by atoms with van der Waals surface area (Å²) in [5, 5.41) is 22.2. The van der Waals surface area contributed by atoms with Crippen molar-refractivity contribution in [2.45, 2.75) is 6.92 Å². The first kappa shape index (κ1) is 18.5. The Kier molecular flexibility index (Phi) is 5.26. The molecule has 0 N–H and O–H groups in total. The van der Waals surface area contributed by atoms with Gasteiger partial charge in [0.2, 0.25) is 0 Å². The fourth-order valence-electron chi connectivity index (χ4n) is 2.18. The maximum atomic E-state index is 12.3.